The van der Waals surface area contributed by atoms with E-state index in [1.807, 2.05) is 0 Å². The van der Waals surface area contributed by atoms with E-state index < -0.39 is 11.6 Å². The third-order valence-electron chi connectivity index (χ3n) is 2.60. The van der Waals surface area contributed by atoms with E-state index >= 15 is 0 Å². The second-order valence-electron chi connectivity index (χ2n) is 4.41. The van der Waals surface area contributed by atoms with Gasteiger partial charge in [0.1, 0.15) is 17.5 Å². The average Bonchev–Trinajstić information content (AvgIpc) is 2.38. The van der Waals surface area contributed by atoms with Crippen molar-refractivity contribution in [3.63, 3.8) is 0 Å². The van der Waals surface area contributed by atoms with E-state index in [2.05, 4.69) is 10.3 Å². The van der Waals surface area contributed by atoms with Crippen molar-refractivity contribution in [3.05, 3.63) is 48.2 Å². The van der Waals surface area contributed by atoms with Gasteiger partial charge in [-0.15, -0.1) is 0 Å². The Balaban J connectivity index is 2.21. The Morgan fingerprint density at radius 2 is 1.75 bits per heavy atom. The van der Waals surface area contributed by atoms with Crippen LogP contribution in [0, 0.1) is 11.6 Å². The van der Waals surface area contributed by atoms with Crippen molar-refractivity contribution >= 4 is 11.8 Å². The van der Waals surface area contributed by atoms with Gasteiger partial charge in [-0.05, 0) is 29.8 Å². The van der Waals surface area contributed by atoms with Crippen molar-refractivity contribution in [2.45, 2.75) is 0 Å². The Kier molecular flexibility index (Phi) is 3.93. The summed E-state index contributed by atoms with van der Waals surface area (Å²) < 4.78 is 26.3. The fraction of sp³-hybridized carbons (Fsp3) is 0.143. The summed E-state index contributed by atoms with van der Waals surface area (Å²) in [5.74, 6) is -0.931. The first-order valence-electron chi connectivity index (χ1n) is 5.86. The number of hydrogen-bond acceptors (Lipinski definition) is 2. The molecule has 0 aliphatic rings. The van der Waals surface area contributed by atoms with Gasteiger partial charge >= 0.3 is 6.03 Å². The topological polar surface area (TPSA) is 45.2 Å². The maximum Gasteiger partial charge on any atom is 0.322 e. The lowest BCUT2D eigenvalue weighted by atomic mass is 10.1. The Morgan fingerprint density at radius 1 is 1.10 bits per heavy atom. The Hall–Kier alpha value is -2.50. The van der Waals surface area contributed by atoms with Crippen LogP contribution in [-0.2, 0) is 0 Å². The first kappa shape index (κ1) is 13.9. The molecule has 0 bridgehead atoms. The van der Waals surface area contributed by atoms with E-state index in [-0.39, 0.29) is 6.03 Å². The molecule has 1 aromatic carbocycles. The zero-order valence-corrected chi connectivity index (χ0v) is 11.0. The normalized spacial score (nSPS) is 10.2. The SMILES string of the molecule is CN(C)C(=O)Nc1ccc(-c2cc(F)cc(F)c2)cn1. The number of aromatic nitrogens is 1. The van der Waals surface area contributed by atoms with Gasteiger partial charge in [0.25, 0.3) is 0 Å². The highest BCUT2D eigenvalue weighted by Gasteiger charge is 2.06. The molecule has 20 heavy (non-hydrogen) atoms. The van der Waals surface area contributed by atoms with Crippen LogP contribution in [0.4, 0.5) is 19.4 Å². The molecule has 0 fully saturated rings. The molecule has 2 rings (SSSR count). The van der Waals surface area contributed by atoms with E-state index in [9.17, 15) is 13.6 Å². The monoisotopic (exact) mass is 277 g/mol. The predicted octanol–water partition coefficient (Wildman–Crippen LogP) is 3.12. The van der Waals surface area contributed by atoms with Crippen LogP contribution >= 0.6 is 0 Å². The lowest BCUT2D eigenvalue weighted by Gasteiger charge is -2.11. The number of pyridine rings is 1. The third-order valence-corrected chi connectivity index (χ3v) is 2.60. The molecule has 104 valence electrons. The molecule has 1 aromatic heterocycles. The zero-order chi connectivity index (χ0) is 14.7. The smallest absolute Gasteiger partial charge is 0.322 e. The van der Waals surface area contributed by atoms with Crippen molar-refractivity contribution in [2.75, 3.05) is 19.4 Å². The van der Waals surface area contributed by atoms with Crippen LogP contribution in [0.1, 0.15) is 0 Å². The molecule has 1 heterocycles. The highest BCUT2D eigenvalue weighted by atomic mass is 19.1. The molecule has 0 unspecified atom stereocenters. The fourth-order valence-electron chi connectivity index (χ4n) is 1.58. The van der Waals surface area contributed by atoms with E-state index in [1.165, 1.54) is 23.2 Å². The second kappa shape index (κ2) is 5.64. The van der Waals surface area contributed by atoms with Crippen LogP contribution in [0.2, 0.25) is 0 Å². The van der Waals surface area contributed by atoms with Crippen LogP contribution in [-0.4, -0.2) is 30.0 Å². The molecule has 0 atom stereocenters. The molecule has 0 saturated heterocycles. The molecule has 2 amide bonds. The number of rotatable bonds is 2. The molecule has 0 aliphatic heterocycles. The zero-order valence-electron chi connectivity index (χ0n) is 11.0. The summed E-state index contributed by atoms with van der Waals surface area (Å²) in [5, 5.41) is 2.57. The molecule has 1 N–H and O–H groups in total. The van der Waals surface area contributed by atoms with E-state index in [0.717, 1.165) is 6.07 Å². The van der Waals surface area contributed by atoms with Crippen molar-refractivity contribution in [3.8, 4) is 11.1 Å². The van der Waals surface area contributed by atoms with Crippen molar-refractivity contribution < 1.29 is 13.6 Å². The minimum atomic E-state index is -0.648. The standard InChI is InChI=1S/C14H13F2N3O/c1-19(2)14(20)18-13-4-3-9(8-17-13)10-5-11(15)7-12(16)6-10/h3-8H,1-2H3,(H,17,18,20). The average molecular weight is 277 g/mol. The van der Waals surface area contributed by atoms with E-state index in [4.69, 9.17) is 0 Å². The van der Waals surface area contributed by atoms with Gasteiger partial charge in [0.2, 0.25) is 0 Å². The summed E-state index contributed by atoms with van der Waals surface area (Å²) in [6.45, 7) is 0. The van der Waals surface area contributed by atoms with Gasteiger partial charge in [-0.3, -0.25) is 5.32 Å². The molecule has 6 heteroatoms. The molecule has 0 aliphatic carbocycles. The second-order valence-corrected chi connectivity index (χ2v) is 4.41. The van der Waals surface area contributed by atoms with Gasteiger partial charge in [0.05, 0.1) is 0 Å². The molecule has 2 aromatic rings. The number of halogens is 2. The summed E-state index contributed by atoms with van der Waals surface area (Å²) in [4.78, 5) is 16.8. The first-order chi connectivity index (χ1) is 9.45. The minimum absolute atomic E-state index is 0.304. The van der Waals surface area contributed by atoms with E-state index in [0.29, 0.717) is 16.9 Å². The Bertz CT molecular complexity index is 607. The van der Waals surface area contributed by atoms with Crippen LogP contribution in [0.15, 0.2) is 36.5 Å². The number of urea groups is 1. The quantitative estimate of drug-likeness (QED) is 0.916. The van der Waals surface area contributed by atoms with Crippen LogP contribution in [0.5, 0.6) is 0 Å². The third kappa shape index (κ3) is 3.28. The number of carbonyl (C=O) groups is 1. The van der Waals surface area contributed by atoms with Crippen molar-refractivity contribution in [1.29, 1.82) is 0 Å². The number of hydrogen-bond donors (Lipinski definition) is 1. The van der Waals surface area contributed by atoms with Gasteiger partial charge in [-0.2, -0.15) is 0 Å². The molecule has 0 spiro atoms. The maximum absolute atomic E-state index is 13.1. The predicted molar refractivity (Wildman–Crippen MR) is 72.3 cm³/mol. The molecule has 0 radical (unpaired) electrons. The number of carbonyl (C=O) groups excluding carboxylic acids is 1. The summed E-state index contributed by atoms with van der Waals surface area (Å²) in [6, 6.07) is 6.15. The largest absolute Gasteiger partial charge is 0.331 e. The van der Waals surface area contributed by atoms with Crippen molar-refractivity contribution in [1.82, 2.24) is 9.88 Å². The highest BCUT2D eigenvalue weighted by Crippen LogP contribution is 2.21. The maximum atomic E-state index is 13.1. The van der Waals surface area contributed by atoms with Gasteiger partial charge in [-0.25, -0.2) is 18.6 Å². The van der Waals surface area contributed by atoms with Gasteiger partial charge in [0.15, 0.2) is 0 Å². The lowest BCUT2D eigenvalue weighted by Crippen LogP contribution is -2.27. The van der Waals surface area contributed by atoms with Crippen molar-refractivity contribution in [2.24, 2.45) is 0 Å². The van der Waals surface area contributed by atoms with Crippen LogP contribution in [0.3, 0.4) is 0 Å². The molecular formula is C14H13F2N3O. The first-order valence-corrected chi connectivity index (χ1v) is 5.86. The Labute approximate surface area is 115 Å². The van der Waals surface area contributed by atoms with Gasteiger partial charge < -0.3 is 4.90 Å². The number of nitrogens with zero attached hydrogens (tertiary/aromatic N) is 2. The summed E-state index contributed by atoms with van der Waals surface area (Å²) in [7, 11) is 3.22. The summed E-state index contributed by atoms with van der Waals surface area (Å²) >= 11 is 0. The number of nitrogens with one attached hydrogen (secondary N) is 1. The fourth-order valence-corrected chi connectivity index (χ4v) is 1.58. The molecular weight excluding hydrogens is 264 g/mol. The number of anilines is 1. The van der Waals surface area contributed by atoms with Crippen LogP contribution in [0.25, 0.3) is 11.1 Å². The minimum Gasteiger partial charge on any atom is -0.331 e. The molecule has 4 nitrogen and oxygen atoms in total. The Morgan fingerprint density at radius 3 is 2.25 bits per heavy atom. The lowest BCUT2D eigenvalue weighted by molar-refractivity contribution is 0.230. The molecule has 0 saturated carbocycles. The summed E-state index contributed by atoms with van der Waals surface area (Å²) in [6.07, 6.45) is 1.44. The number of benzene rings is 1. The van der Waals surface area contributed by atoms with Gasteiger partial charge in [0, 0.05) is 31.9 Å². The van der Waals surface area contributed by atoms with Gasteiger partial charge in [-0.1, -0.05) is 0 Å². The highest BCUT2D eigenvalue weighted by molar-refractivity contribution is 5.88. The number of amides is 2. The van der Waals surface area contributed by atoms with E-state index in [1.54, 1.807) is 26.2 Å². The van der Waals surface area contributed by atoms with Crippen LogP contribution < -0.4 is 5.32 Å². The summed E-state index contributed by atoms with van der Waals surface area (Å²) in [5.41, 5.74) is 0.951.